The van der Waals surface area contributed by atoms with Crippen LogP contribution in [0.15, 0.2) is 66.9 Å². The van der Waals surface area contributed by atoms with Crippen molar-refractivity contribution in [3.8, 4) is 0 Å². The van der Waals surface area contributed by atoms with E-state index in [1.54, 1.807) is 18.3 Å². The number of rotatable bonds is 9. The zero-order valence-corrected chi connectivity index (χ0v) is 16.5. The Bertz CT molecular complexity index is 972. The number of hydrogen-bond acceptors (Lipinski definition) is 5. The van der Waals surface area contributed by atoms with Gasteiger partial charge in [0, 0.05) is 23.9 Å². The molecule has 0 bridgehead atoms. The maximum absolute atomic E-state index is 12.3. The highest BCUT2D eigenvalue weighted by Gasteiger charge is 2.10. The van der Waals surface area contributed by atoms with Crippen molar-refractivity contribution >= 4 is 17.3 Å². The Morgan fingerprint density at radius 2 is 1.86 bits per heavy atom. The third-order valence-corrected chi connectivity index (χ3v) is 4.69. The third-order valence-electron chi connectivity index (χ3n) is 4.69. The summed E-state index contributed by atoms with van der Waals surface area (Å²) in [4.78, 5) is 16.7. The summed E-state index contributed by atoms with van der Waals surface area (Å²) < 4.78 is 0. The summed E-state index contributed by atoms with van der Waals surface area (Å²) in [5, 5.41) is 21.6. The first-order chi connectivity index (χ1) is 14.0. The van der Waals surface area contributed by atoms with Crippen LogP contribution >= 0.6 is 0 Å². The maximum Gasteiger partial charge on any atom is 0.163 e. The minimum absolute atomic E-state index is 0.0673. The number of carbonyl (C=O) groups excluding carboxylic acids is 1. The molecule has 29 heavy (non-hydrogen) atoms. The number of aliphatic hydroxyl groups is 2. The number of ketones is 1. The molecule has 3 aromatic rings. The van der Waals surface area contributed by atoms with E-state index in [1.807, 2.05) is 24.3 Å². The number of carbonyl (C=O) groups is 1. The number of nitrogens with zero attached hydrogens (tertiary/aromatic N) is 1. The summed E-state index contributed by atoms with van der Waals surface area (Å²) in [6, 6.07) is 19.7. The Kier molecular flexibility index (Phi) is 7.11. The van der Waals surface area contributed by atoms with Gasteiger partial charge in [0.1, 0.15) is 5.82 Å². The van der Waals surface area contributed by atoms with Crippen LogP contribution < -0.4 is 5.32 Å². The second-order valence-corrected chi connectivity index (χ2v) is 7.22. The molecular weight excluding hydrogens is 364 g/mol. The minimum Gasteiger partial charge on any atom is -0.394 e. The summed E-state index contributed by atoms with van der Waals surface area (Å²) in [5.41, 5.74) is 4.98. The van der Waals surface area contributed by atoms with E-state index >= 15 is 0 Å². The van der Waals surface area contributed by atoms with Crippen LogP contribution in [0, 0.1) is 6.92 Å². The molecule has 1 atom stereocenters. The van der Waals surface area contributed by atoms with Gasteiger partial charge in [-0.2, -0.15) is 0 Å². The second kappa shape index (κ2) is 9.96. The number of nitrogens with one attached hydrogen (secondary N) is 1. The highest BCUT2D eigenvalue weighted by atomic mass is 16.3. The molecule has 1 aromatic heterocycles. The molecule has 5 heteroatoms. The molecule has 1 unspecified atom stereocenters. The molecule has 0 aliphatic heterocycles. The van der Waals surface area contributed by atoms with Gasteiger partial charge in [0.05, 0.1) is 12.7 Å². The molecule has 0 radical (unpaired) electrons. The first kappa shape index (κ1) is 20.7. The first-order valence-electron chi connectivity index (χ1n) is 9.73. The molecule has 0 saturated carbocycles. The fraction of sp³-hybridized carbons (Fsp3) is 0.250. The highest BCUT2D eigenvalue weighted by Crippen LogP contribution is 2.20. The van der Waals surface area contributed by atoms with Crippen molar-refractivity contribution in [1.29, 1.82) is 0 Å². The normalized spacial score (nSPS) is 11.8. The van der Waals surface area contributed by atoms with Crippen LogP contribution in [0.5, 0.6) is 0 Å². The van der Waals surface area contributed by atoms with Gasteiger partial charge in [-0.1, -0.05) is 42.0 Å². The quantitative estimate of drug-likeness (QED) is 0.480. The number of pyridine rings is 1. The van der Waals surface area contributed by atoms with E-state index in [0.29, 0.717) is 5.56 Å². The van der Waals surface area contributed by atoms with Crippen LogP contribution in [0.25, 0.3) is 0 Å². The Hall–Kier alpha value is -3.02. The summed E-state index contributed by atoms with van der Waals surface area (Å²) >= 11 is 0. The van der Waals surface area contributed by atoms with Crippen molar-refractivity contribution < 1.29 is 15.0 Å². The van der Waals surface area contributed by atoms with Gasteiger partial charge in [-0.15, -0.1) is 0 Å². The summed E-state index contributed by atoms with van der Waals surface area (Å²) in [7, 11) is 0. The molecule has 0 fully saturated rings. The minimum atomic E-state index is -0.861. The Morgan fingerprint density at radius 1 is 1.07 bits per heavy atom. The van der Waals surface area contributed by atoms with E-state index in [2.05, 4.69) is 41.5 Å². The average Bonchev–Trinajstić information content (AvgIpc) is 2.72. The van der Waals surface area contributed by atoms with Crippen LogP contribution in [0.2, 0.25) is 0 Å². The zero-order chi connectivity index (χ0) is 20.6. The second-order valence-electron chi connectivity index (χ2n) is 7.22. The fourth-order valence-corrected chi connectivity index (χ4v) is 3.16. The van der Waals surface area contributed by atoms with Crippen molar-refractivity contribution in [3.63, 3.8) is 0 Å². The van der Waals surface area contributed by atoms with Crippen molar-refractivity contribution in [1.82, 2.24) is 4.98 Å². The molecule has 0 spiro atoms. The Morgan fingerprint density at radius 3 is 2.66 bits per heavy atom. The van der Waals surface area contributed by atoms with E-state index in [9.17, 15) is 9.90 Å². The van der Waals surface area contributed by atoms with E-state index < -0.39 is 6.10 Å². The molecule has 0 saturated heterocycles. The zero-order valence-electron chi connectivity index (χ0n) is 16.5. The molecule has 150 valence electrons. The molecule has 5 nitrogen and oxygen atoms in total. The summed E-state index contributed by atoms with van der Waals surface area (Å²) in [5.74, 6) is 0.651. The van der Waals surface area contributed by atoms with E-state index in [-0.39, 0.29) is 25.2 Å². The lowest BCUT2D eigenvalue weighted by Gasteiger charge is -2.10. The smallest absolute Gasteiger partial charge is 0.163 e. The number of anilines is 2. The number of aryl methyl sites for hydroxylation is 1. The third kappa shape index (κ3) is 6.24. The maximum atomic E-state index is 12.3. The van der Waals surface area contributed by atoms with Gasteiger partial charge >= 0.3 is 0 Å². The number of benzene rings is 2. The molecular formula is C24H26N2O3. The van der Waals surface area contributed by atoms with E-state index in [1.165, 1.54) is 11.1 Å². The van der Waals surface area contributed by atoms with Crippen LogP contribution in [-0.2, 0) is 6.42 Å². The van der Waals surface area contributed by atoms with Crippen LogP contribution in [0.3, 0.4) is 0 Å². The Labute approximate surface area is 171 Å². The number of hydrogen-bond donors (Lipinski definition) is 3. The van der Waals surface area contributed by atoms with Gasteiger partial charge in [0.2, 0.25) is 0 Å². The molecule has 1 heterocycles. The first-order valence-corrected chi connectivity index (χ1v) is 9.73. The van der Waals surface area contributed by atoms with Gasteiger partial charge in [-0.25, -0.2) is 4.98 Å². The Balaban J connectivity index is 1.68. The molecule has 0 aliphatic rings. The van der Waals surface area contributed by atoms with Crippen molar-refractivity contribution in [2.24, 2.45) is 0 Å². The van der Waals surface area contributed by atoms with E-state index in [4.69, 9.17) is 5.11 Å². The van der Waals surface area contributed by atoms with Gasteiger partial charge < -0.3 is 15.5 Å². The lowest BCUT2D eigenvalue weighted by atomic mass is 10.0. The standard InChI is InChI=1S/C24H26N2O3/c1-17-4-2-5-18(12-17)13-19-10-11-25-24(14-19)26-21-7-3-6-20(15-21)23(29)9-8-22(28)16-27/h2-7,10-12,14-15,22,27-28H,8-9,13,16H2,1H3,(H,25,26). The largest absolute Gasteiger partial charge is 0.394 e. The van der Waals surface area contributed by atoms with Crippen LogP contribution in [0.1, 0.15) is 39.9 Å². The molecule has 3 rings (SSSR count). The van der Waals surface area contributed by atoms with Crippen molar-refractivity contribution in [2.45, 2.75) is 32.3 Å². The summed E-state index contributed by atoms with van der Waals surface area (Å²) in [6.45, 7) is 1.75. The fourth-order valence-electron chi connectivity index (χ4n) is 3.16. The van der Waals surface area contributed by atoms with Crippen molar-refractivity contribution in [2.75, 3.05) is 11.9 Å². The predicted molar refractivity (Wildman–Crippen MR) is 115 cm³/mol. The molecule has 0 aliphatic carbocycles. The van der Waals surface area contributed by atoms with Gasteiger partial charge in [-0.3, -0.25) is 4.79 Å². The van der Waals surface area contributed by atoms with Gasteiger partial charge in [0.15, 0.2) is 5.78 Å². The SMILES string of the molecule is Cc1cccc(Cc2ccnc(Nc3cccc(C(=O)CCC(O)CO)c3)c2)c1. The van der Waals surface area contributed by atoms with Gasteiger partial charge in [-0.05, 0) is 55.2 Å². The topological polar surface area (TPSA) is 82.5 Å². The molecule has 3 N–H and O–H groups in total. The predicted octanol–water partition coefficient (Wildman–Crippen LogP) is 4.04. The monoisotopic (exact) mass is 390 g/mol. The molecule has 0 amide bonds. The molecule has 2 aromatic carbocycles. The highest BCUT2D eigenvalue weighted by molar-refractivity contribution is 5.97. The van der Waals surface area contributed by atoms with Crippen LogP contribution in [0.4, 0.5) is 11.5 Å². The van der Waals surface area contributed by atoms with E-state index in [0.717, 1.165) is 23.5 Å². The number of Topliss-reactive ketones (excluding diaryl/α,β-unsaturated/α-hetero) is 1. The summed E-state index contributed by atoms with van der Waals surface area (Å²) in [6.07, 6.45) is 2.18. The van der Waals surface area contributed by atoms with Crippen LogP contribution in [-0.4, -0.2) is 33.7 Å². The lowest BCUT2D eigenvalue weighted by Crippen LogP contribution is -2.14. The van der Waals surface area contributed by atoms with Gasteiger partial charge in [0.25, 0.3) is 0 Å². The lowest BCUT2D eigenvalue weighted by molar-refractivity contribution is 0.0779. The average molecular weight is 390 g/mol. The van der Waals surface area contributed by atoms with Crippen molar-refractivity contribution in [3.05, 3.63) is 89.1 Å². The number of aliphatic hydroxyl groups excluding tert-OH is 2. The number of aromatic nitrogens is 1.